The van der Waals surface area contributed by atoms with Crippen molar-refractivity contribution in [1.82, 2.24) is 20.0 Å². The molecule has 4 rings (SSSR count). The summed E-state index contributed by atoms with van der Waals surface area (Å²) in [5, 5.41) is 7.43. The number of aromatic nitrogens is 2. The molecule has 1 aromatic rings. The van der Waals surface area contributed by atoms with Gasteiger partial charge < -0.3 is 15.0 Å². The summed E-state index contributed by atoms with van der Waals surface area (Å²) in [4.78, 5) is 26.8. The van der Waals surface area contributed by atoms with Gasteiger partial charge >= 0.3 is 0 Å². The number of hydrogen-bond donors (Lipinski definition) is 1. The molecule has 26 heavy (non-hydrogen) atoms. The Morgan fingerprint density at radius 1 is 1.23 bits per heavy atom. The Morgan fingerprint density at radius 3 is 2.65 bits per heavy atom. The molecule has 3 fully saturated rings. The fourth-order valence-corrected chi connectivity index (χ4v) is 4.06. The second-order valence-electron chi connectivity index (χ2n) is 8.02. The van der Waals surface area contributed by atoms with Gasteiger partial charge in [-0.1, -0.05) is 0 Å². The number of ether oxygens (including phenoxy) is 1. The molecule has 0 bridgehead atoms. The van der Waals surface area contributed by atoms with Gasteiger partial charge in [0.15, 0.2) is 0 Å². The minimum Gasteiger partial charge on any atom is -0.368 e. The van der Waals surface area contributed by atoms with Gasteiger partial charge in [0.1, 0.15) is 6.10 Å². The highest BCUT2D eigenvalue weighted by Crippen LogP contribution is 2.46. The molecule has 1 aliphatic carbocycles. The lowest BCUT2D eigenvalue weighted by Gasteiger charge is -2.33. The van der Waals surface area contributed by atoms with E-state index in [1.54, 1.807) is 6.20 Å². The molecule has 0 aromatic carbocycles. The van der Waals surface area contributed by atoms with E-state index in [9.17, 15) is 9.59 Å². The minimum atomic E-state index is -0.252. The first kappa shape index (κ1) is 17.5. The van der Waals surface area contributed by atoms with E-state index < -0.39 is 0 Å². The summed E-state index contributed by atoms with van der Waals surface area (Å²) in [5.41, 5.74) is 0.179. The van der Waals surface area contributed by atoms with E-state index in [-0.39, 0.29) is 29.3 Å². The second kappa shape index (κ2) is 7.39. The third-order valence-electron chi connectivity index (χ3n) is 6.03. The average Bonchev–Trinajstić information content (AvgIpc) is 3.08. The average molecular weight is 360 g/mol. The van der Waals surface area contributed by atoms with Crippen LogP contribution in [0.1, 0.15) is 38.5 Å². The topological polar surface area (TPSA) is 76.5 Å². The maximum atomic E-state index is 12.5. The Kier molecular flexibility index (Phi) is 4.98. The quantitative estimate of drug-likeness (QED) is 0.827. The number of carbonyl (C=O) groups is 2. The molecule has 1 saturated carbocycles. The third kappa shape index (κ3) is 3.92. The molecule has 142 valence electrons. The Balaban J connectivity index is 1.21. The minimum absolute atomic E-state index is 0.0176. The Labute approximate surface area is 154 Å². The van der Waals surface area contributed by atoms with Crippen molar-refractivity contribution in [1.29, 1.82) is 0 Å². The van der Waals surface area contributed by atoms with Gasteiger partial charge in [-0.25, -0.2) is 0 Å². The van der Waals surface area contributed by atoms with Crippen molar-refractivity contribution < 1.29 is 14.3 Å². The van der Waals surface area contributed by atoms with Crippen LogP contribution < -0.4 is 5.32 Å². The molecule has 2 saturated heterocycles. The maximum Gasteiger partial charge on any atom is 0.251 e. The van der Waals surface area contributed by atoms with Crippen molar-refractivity contribution in [3.63, 3.8) is 0 Å². The molecule has 1 aromatic heterocycles. The van der Waals surface area contributed by atoms with Crippen LogP contribution in [0.5, 0.6) is 0 Å². The zero-order valence-electron chi connectivity index (χ0n) is 15.2. The van der Waals surface area contributed by atoms with Gasteiger partial charge in [0.25, 0.3) is 5.91 Å². The molecule has 7 heteroatoms. The lowest BCUT2D eigenvalue weighted by Crippen LogP contribution is -2.47. The first-order valence-electron chi connectivity index (χ1n) is 9.81. The molecule has 7 nitrogen and oxygen atoms in total. The Hall–Kier alpha value is -1.89. The monoisotopic (exact) mass is 360 g/mol. The largest absolute Gasteiger partial charge is 0.368 e. The molecule has 0 spiro atoms. The van der Waals surface area contributed by atoms with Crippen LogP contribution in [0.15, 0.2) is 18.5 Å². The zero-order valence-corrected chi connectivity index (χ0v) is 15.2. The summed E-state index contributed by atoms with van der Waals surface area (Å²) < 4.78 is 7.44. The fraction of sp³-hybridized carbons (Fsp3) is 0.737. The van der Waals surface area contributed by atoms with Crippen molar-refractivity contribution >= 4 is 11.8 Å². The van der Waals surface area contributed by atoms with Gasteiger partial charge in [-0.3, -0.25) is 14.3 Å². The van der Waals surface area contributed by atoms with Crippen LogP contribution >= 0.6 is 0 Å². The molecule has 1 unspecified atom stereocenters. The third-order valence-corrected chi connectivity index (χ3v) is 6.03. The molecular weight excluding hydrogens is 332 g/mol. The van der Waals surface area contributed by atoms with Crippen LogP contribution in [0.3, 0.4) is 0 Å². The van der Waals surface area contributed by atoms with E-state index in [4.69, 9.17) is 4.74 Å². The number of hydrogen-bond acceptors (Lipinski definition) is 4. The van der Waals surface area contributed by atoms with Crippen molar-refractivity contribution in [2.75, 3.05) is 26.2 Å². The van der Waals surface area contributed by atoms with Crippen LogP contribution in [-0.2, 0) is 20.9 Å². The van der Waals surface area contributed by atoms with Crippen LogP contribution in [0.25, 0.3) is 0 Å². The summed E-state index contributed by atoms with van der Waals surface area (Å²) >= 11 is 0. The summed E-state index contributed by atoms with van der Waals surface area (Å²) in [6.45, 7) is 3.61. The molecule has 2 aliphatic heterocycles. The summed E-state index contributed by atoms with van der Waals surface area (Å²) in [5.74, 6) is 0.266. The van der Waals surface area contributed by atoms with Gasteiger partial charge in [-0.2, -0.15) is 5.10 Å². The van der Waals surface area contributed by atoms with Gasteiger partial charge in [0.05, 0.1) is 0 Å². The summed E-state index contributed by atoms with van der Waals surface area (Å²) in [6, 6.07) is 1.93. The van der Waals surface area contributed by atoms with Gasteiger partial charge in [0.2, 0.25) is 5.91 Å². The molecule has 1 atom stereocenters. The normalized spacial score (nSPS) is 25.2. The predicted octanol–water partition coefficient (Wildman–Crippen LogP) is 1.20. The lowest BCUT2D eigenvalue weighted by atomic mass is 9.95. The first-order chi connectivity index (χ1) is 12.7. The molecule has 0 radical (unpaired) electrons. The molecule has 3 aliphatic rings. The van der Waals surface area contributed by atoms with Crippen molar-refractivity contribution in [3.8, 4) is 0 Å². The second-order valence-corrected chi connectivity index (χ2v) is 8.02. The Morgan fingerprint density at radius 2 is 2.04 bits per heavy atom. The van der Waals surface area contributed by atoms with E-state index in [1.165, 1.54) is 0 Å². The van der Waals surface area contributed by atoms with E-state index in [1.807, 2.05) is 21.8 Å². The first-order valence-corrected chi connectivity index (χ1v) is 9.81. The van der Waals surface area contributed by atoms with Gasteiger partial charge in [-0.05, 0) is 44.6 Å². The highest BCUT2D eigenvalue weighted by atomic mass is 16.5. The van der Waals surface area contributed by atoms with E-state index >= 15 is 0 Å². The molecule has 2 amide bonds. The zero-order chi connectivity index (χ0) is 18.0. The number of nitrogens with one attached hydrogen (secondary N) is 1. The number of rotatable bonds is 6. The van der Waals surface area contributed by atoms with Gasteiger partial charge in [0, 0.05) is 56.5 Å². The SMILES string of the molecule is O=C(NCC1(Cn2cccn2)CC1)C1CCN(C(=O)C2CCCO2)CC1. The number of carbonyl (C=O) groups excluding carboxylic acids is 2. The van der Waals surface area contributed by atoms with E-state index in [0.717, 1.165) is 51.6 Å². The summed E-state index contributed by atoms with van der Waals surface area (Å²) in [6.07, 6.45) is 9.09. The fourth-order valence-electron chi connectivity index (χ4n) is 4.06. The van der Waals surface area contributed by atoms with Gasteiger partial charge in [-0.15, -0.1) is 0 Å². The standard InChI is InChI=1S/C19H28N4O3/c24-17(20-13-19(6-7-19)14-23-9-2-8-21-23)15-4-10-22(11-5-15)18(25)16-3-1-12-26-16/h2,8-9,15-16H,1,3-7,10-14H2,(H,20,24). The highest BCUT2D eigenvalue weighted by molar-refractivity contribution is 5.82. The molecular formula is C19H28N4O3. The Bertz CT molecular complexity index is 627. The smallest absolute Gasteiger partial charge is 0.251 e. The van der Waals surface area contributed by atoms with Crippen molar-refractivity contribution in [2.24, 2.45) is 11.3 Å². The summed E-state index contributed by atoms with van der Waals surface area (Å²) in [7, 11) is 0. The number of likely N-dealkylation sites (tertiary alicyclic amines) is 1. The number of piperidine rings is 1. The van der Waals surface area contributed by atoms with E-state index in [2.05, 4.69) is 10.4 Å². The van der Waals surface area contributed by atoms with Crippen molar-refractivity contribution in [2.45, 2.75) is 51.2 Å². The maximum absolute atomic E-state index is 12.5. The predicted molar refractivity (Wildman–Crippen MR) is 95.2 cm³/mol. The number of nitrogens with zero attached hydrogens (tertiary/aromatic N) is 3. The number of amides is 2. The van der Waals surface area contributed by atoms with Crippen molar-refractivity contribution in [3.05, 3.63) is 18.5 Å². The van der Waals surface area contributed by atoms with Crippen LogP contribution in [-0.4, -0.2) is 58.8 Å². The van der Waals surface area contributed by atoms with Crippen LogP contribution in [0.2, 0.25) is 0 Å². The molecule has 3 heterocycles. The van der Waals surface area contributed by atoms with Crippen LogP contribution in [0, 0.1) is 11.3 Å². The van der Waals surface area contributed by atoms with E-state index in [0.29, 0.717) is 19.7 Å². The molecule has 1 N–H and O–H groups in total. The lowest BCUT2D eigenvalue weighted by molar-refractivity contribution is -0.143. The van der Waals surface area contributed by atoms with Crippen LogP contribution in [0.4, 0.5) is 0 Å². The highest BCUT2D eigenvalue weighted by Gasteiger charge is 2.43.